The van der Waals surface area contributed by atoms with Gasteiger partial charge >= 0.3 is 0 Å². The maximum absolute atomic E-state index is 5.64. The highest BCUT2D eigenvalue weighted by Crippen LogP contribution is 2.38. The monoisotopic (exact) mass is 264 g/mol. The van der Waals surface area contributed by atoms with Crippen molar-refractivity contribution in [2.24, 2.45) is 0 Å². The van der Waals surface area contributed by atoms with Gasteiger partial charge in [0.1, 0.15) is 13.6 Å². The Morgan fingerprint density at radius 3 is 2.93 bits per heavy atom. The second-order valence-electron chi connectivity index (χ2n) is 4.66. The summed E-state index contributed by atoms with van der Waals surface area (Å²) < 4.78 is 6.78. The standard InChI is InChI=1S/C12H14BBrO/c1-12(2)7-15-10-4-3-8(5-9(10)12)6-11(13)14/h3-6H,7,13H2,1-2H3/b11-6+. The summed E-state index contributed by atoms with van der Waals surface area (Å²) in [4.78, 5) is 0. The molecule has 0 saturated heterocycles. The largest absolute Gasteiger partial charge is 0.492 e. The molecule has 0 N–H and O–H groups in total. The van der Waals surface area contributed by atoms with E-state index in [2.05, 4.69) is 54.1 Å². The van der Waals surface area contributed by atoms with Gasteiger partial charge in [0.15, 0.2) is 0 Å². The van der Waals surface area contributed by atoms with Crippen molar-refractivity contribution in [3.8, 4) is 5.75 Å². The molecule has 3 heteroatoms. The third kappa shape index (κ3) is 2.12. The summed E-state index contributed by atoms with van der Waals surface area (Å²) in [6.07, 6.45) is 2.12. The molecule has 1 aliphatic rings. The van der Waals surface area contributed by atoms with Gasteiger partial charge in [-0.05, 0) is 22.1 Å². The lowest BCUT2D eigenvalue weighted by atomic mass is 9.86. The predicted molar refractivity (Wildman–Crippen MR) is 70.4 cm³/mol. The zero-order valence-electron chi connectivity index (χ0n) is 9.30. The molecular formula is C12H14BBrO. The molecule has 0 bridgehead atoms. The lowest BCUT2D eigenvalue weighted by molar-refractivity contribution is 0.291. The van der Waals surface area contributed by atoms with E-state index in [0.29, 0.717) is 0 Å². The van der Waals surface area contributed by atoms with Crippen molar-refractivity contribution in [1.29, 1.82) is 0 Å². The van der Waals surface area contributed by atoms with Crippen molar-refractivity contribution >= 4 is 29.9 Å². The summed E-state index contributed by atoms with van der Waals surface area (Å²) in [6, 6.07) is 6.37. The Balaban J connectivity index is 2.46. The van der Waals surface area contributed by atoms with Crippen LogP contribution in [0, 0.1) is 0 Å². The Hall–Kier alpha value is -0.695. The fraction of sp³-hybridized carbons (Fsp3) is 0.333. The molecule has 1 nitrogen and oxygen atoms in total. The molecule has 15 heavy (non-hydrogen) atoms. The molecular weight excluding hydrogens is 251 g/mol. The van der Waals surface area contributed by atoms with E-state index in [4.69, 9.17) is 4.74 Å². The number of rotatable bonds is 1. The Kier molecular flexibility index (Phi) is 2.67. The van der Waals surface area contributed by atoms with Crippen molar-refractivity contribution in [3.05, 3.63) is 33.7 Å². The molecule has 0 radical (unpaired) electrons. The number of ether oxygens (including phenoxy) is 1. The highest BCUT2D eigenvalue weighted by atomic mass is 79.9. The van der Waals surface area contributed by atoms with Gasteiger partial charge in [-0.25, -0.2) is 0 Å². The summed E-state index contributed by atoms with van der Waals surface area (Å²) >= 11 is 3.45. The summed E-state index contributed by atoms with van der Waals surface area (Å²) in [5.41, 5.74) is 2.67. The van der Waals surface area contributed by atoms with Crippen LogP contribution in [-0.2, 0) is 5.41 Å². The fourth-order valence-electron chi connectivity index (χ4n) is 1.86. The topological polar surface area (TPSA) is 9.23 Å². The molecule has 0 aromatic heterocycles. The molecule has 0 saturated carbocycles. The molecule has 0 fully saturated rings. The first-order chi connectivity index (χ1) is 6.99. The highest BCUT2D eigenvalue weighted by molar-refractivity contribution is 9.12. The Morgan fingerprint density at radius 1 is 1.53 bits per heavy atom. The average Bonchev–Trinajstić information content (AvgIpc) is 2.42. The van der Waals surface area contributed by atoms with E-state index >= 15 is 0 Å². The first-order valence-corrected chi connectivity index (χ1v) is 5.89. The maximum Gasteiger partial charge on any atom is 0.148 e. The quantitative estimate of drug-likeness (QED) is 0.709. The second kappa shape index (κ2) is 3.71. The van der Waals surface area contributed by atoms with Gasteiger partial charge in [0.05, 0.1) is 6.61 Å². The molecule has 0 amide bonds. The molecule has 1 heterocycles. The van der Waals surface area contributed by atoms with Crippen molar-refractivity contribution in [2.45, 2.75) is 19.3 Å². The van der Waals surface area contributed by atoms with Crippen molar-refractivity contribution in [2.75, 3.05) is 6.61 Å². The number of benzene rings is 1. The lowest BCUT2D eigenvalue weighted by Gasteiger charge is -2.15. The van der Waals surface area contributed by atoms with E-state index in [0.717, 1.165) is 16.7 Å². The minimum absolute atomic E-state index is 0.138. The number of hydrogen-bond acceptors (Lipinski definition) is 1. The first kappa shape index (κ1) is 10.8. The fourth-order valence-corrected chi connectivity index (χ4v) is 2.12. The van der Waals surface area contributed by atoms with Gasteiger partial charge in [-0.1, -0.05) is 41.9 Å². The van der Waals surface area contributed by atoms with E-state index in [-0.39, 0.29) is 5.41 Å². The molecule has 0 spiro atoms. The zero-order valence-corrected chi connectivity index (χ0v) is 10.9. The molecule has 1 aromatic carbocycles. The van der Waals surface area contributed by atoms with E-state index in [1.165, 1.54) is 11.1 Å². The third-order valence-electron chi connectivity index (χ3n) is 2.69. The summed E-state index contributed by atoms with van der Waals surface area (Å²) in [5.74, 6) is 1.03. The summed E-state index contributed by atoms with van der Waals surface area (Å²) in [6.45, 7) is 5.21. The molecule has 1 aromatic rings. The average molecular weight is 265 g/mol. The molecule has 78 valence electrons. The lowest BCUT2D eigenvalue weighted by Crippen LogP contribution is -2.18. The van der Waals surface area contributed by atoms with E-state index < -0.39 is 0 Å². The Bertz CT molecular complexity index is 420. The third-order valence-corrected chi connectivity index (χ3v) is 2.92. The van der Waals surface area contributed by atoms with Gasteiger partial charge in [0.2, 0.25) is 0 Å². The van der Waals surface area contributed by atoms with Gasteiger partial charge in [-0.2, -0.15) is 0 Å². The van der Waals surface area contributed by atoms with Crippen LogP contribution in [-0.4, -0.2) is 14.5 Å². The second-order valence-corrected chi connectivity index (χ2v) is 5.91. The Labute approximate surface area is 100 Å². The summed E-state index contributed by atoms with van der Waals surface area (Å²) in [5, 5.41) is 0. The predicted octanol–water partition coefficient (Wildman–Crippen LogP) is 2.68. The van der Waals surface area contributed by atoms with Crippen LogP contribution in [0.25, 0.3) is 6.08 Å². The highest BCUT2D eigenvalue weighted by Gasteiger charge is 2.31. The SMILES string of the molecule is B/C(Br)=C\c1ccc2c(c1)C(C)(C)CO2. The Morgan fingerprint density at radius 2 is 2.27 bits per heavy atom. The number of fused-ring (bicyclic) bond motifs is 1. The van der Waals surface area contributed by atoms with Crippen molar-refractivity contribution in [3.63, 3.8) is 0 Å². The van der Waals surface area contributed by atoms with E-state index in [1.54, 1.807) is 0 Å². The molecule has 0 unspecified atom stereocenters. The minimum Gasteiger partial charge on any atom is -0.492 e. The first-order valence-electron chi connectivity index (χ1n) is 5.10. The van der Waals surface area contributed by atoms with Gasteiger partial charge in [-0.15, -0.1) is 0 Å². The van der Waals surface area contributed by atoms with Gasteiger partial charge < -0.3 is 4.74 Å². The van der Waals surface area contributed by atoms with Crippen molar-refractivity contribution in [1.82, 2.24) is 0 Å². The van der Waals surface area contributed by atoms with Crippen LogP contribution in [0.3, 0.4) is 0 Å². The smallest absolute Gasteiger partial charge is 0.148 e. The number of hydrogen-bond donors (Lipinski definition) is 0. The molecule has 1 aliphatic heterocycles. The van der Waals surface area contributed by atoms with Gasteiger partial charge in [-0.3, -0.25) is 0 Å². The molecule has 0 atom stereocenters. The molecule has 2 rings (SSSR count). The van der Waals surface area contributed by atoms with Gasteiger partial charge in [0.25, 0.3) is 0 Å². The normalized spacial score (nSPS) is 18.5. The van der Waals surface area contributed by atoms with Crippen LogP contribution in [0.2, 0.25) is 0 Å². The van der Waals surface area contributed by atoms with Gasteiger partial charge in [0, 0.05) is 11.0 Å². The van der Waals surface area contributed by atoms with Crippen molar-refractivity contribution < 1.29 is 4.74 Å². The number of halogens is 1. The van der Waals surface area contributed by atoms with Crippen LogP contribution >= 0.6 is 15.9 Å². The zero-order chi connectivity index (χ0) is 11.1. The maximum atomic E-state index is 5.64. The van der Waals surface area contributed by atoms with E-state index in [9.17, 15) is 0 Å². The van der Waals surface area contributed by atoms with Crippen LogP contribution in [0.15, 0.2) is 22.6 Å². The van der Waals surface area contributed by atoms with Crippen LogP contribution < -0.4 is 4.74 Å². The van der Waals surface area contributed by atoms with E-state index in [1.807, 2.05) is 7.85 Å². The van der Waals surface area contributed by atoms with Crippen LogP contribution in [0.5, 0.6) is 5.75 Å². The summed E-state index contributed by atoms with van der Waals surface area (Å²) in [7, 11) is 2.04. The molecule has 0 aliphatic carbocycles. The minimum atomic E-state index is 0.138. The van der Waals surface area contributed by atoms with Crippen LogP contribution in [0.4, 0.5) is 0 Å². The van der Waals surface area contributed by atoms with Crippen LogP contribution in [0.1, 0.15) is 25.0 Å².